The fourth-order valence-electron chi connectivity index (χ4n) is 1.85. The maximum Gasteiger partial charge on any atom is 0.227 e. The Morgan fingerprint density at radius 1 is 1.31 bits per heavy atom. The number of amides is 1. The molecule has 0 aromatic heterocycles. The van der Waals surface area contributed by atoms with Crippen LogP contribution in [-0.4, -0.2) is 18.2 Å². The quantitative estimate of drug-likeness (QED) is 0.822. The van der Waals surface area contributed by atoms with Crippen molar-refractivity contribution in [3.05, 3.63) is 28.2 Å². The average Bonchev–Trinajstić information content (AvgIpc) is 2.58. The van der Waals surface area contributed by atoms with Crippen LogP contribution in [0.4, 0.5) is 5.69 Å². The van der Waals surface area contributed by atoms with Crippen molar-refractivity contribution >= 4 is 47.4 Å². The molecule has 1 heterocycles. The molecule has 1 aliphatic rings. The minimum absolute atomic E-state index is 0.109. The first-order chi connectivity index (χ1) is 7.60. The van der Waals surface area contributed by atoms with Crippen LogP contribution in [-0.2, 0) is 4.79 Å². The van der Waals surface area contributed by atoms with Gasteiger partial charge in [0.1, 0.15) is 0 Å². The normalized spacial score (nSPS) is 20.6. The fourth-order valence-corrected chi connectivity index (χ4v) is 2.61. The van der Waals surface area contributed by atoms with Crippen molar-refractivity contribution in [2.24, 2.45) is 5.92 Å². The fraction of sp³-hybridized carbons (Fsp3) is 0.364. The maximum absolute atomic E-state index is 11.8. The van der Waals surface area contributed by atoms with E-state index in [4.69, 9.17) is 23.2 Å². The summed E-state index contributed by atoms with van der Waals surface area (Å²) in [5, 5.41) is 1.09. The first kappa shape index (κ1) is 12.1. The van der Waals surface area contributed by atoms with Gasteiger partial charge in [-0.25, -0.2) is 0 Å². The topological polar surface area (TPSA) is 20.3 Å². The molecule has 1 aromatic carbocycles. The molecule has 1 saturated heterocycles. The molecule has 0 N–H and O–H groups in total. The molecular formula is C11H11Cl2NOS. The zero-order valence-corrected chi connectivity index (χ0v) is 10.9. The molecule has 2 rings (SSSR count). The Kier molecular flexibility index (Phi) is 3.67. The van der Waals surface area contributed by atoms with Crippen LogP contribution < -0.4 is 4.90 Å². The summed E-state index contributed by atoms with van der Waals surface area (Å²) < 4.78 is 0. The van der Waals surface area contributed by atoms with Crippen LogP contribution in [0.3, 0.4) is 0 Å². The predicted octanol–water partition coefficient (Wildman–Crippen LogP) is 3.28. The van der Waals surface area contributed by atoms with E-state index in [1.165, 1.54) is 0 Å². The number of thiol groups is 1. The minimum atomic E-state index is 0.109. The van der Waals surface area contributed by atoms with Crippen molar-refractivity contribution in [3.63, 3.8) is 0 Å². The lowest BCUT2D eigenvalue weighted by Gasteiger charge is -2.17. The van der Waals surface area contributed by atoms with Crippen molar-refractivity contribution in [3.8, 4) is 0 Å². The summed E-state index contributed by atoms with van der Waals surface area (Å²) in [7, 11) is 0. The van der Waals surface area contributed by atoms with Crippen LogP contribution in [0.15, 0.2) is 18.2 Å². The van der Waals surface area contributed by atoms with Gasteiger partial charge < -0.3 is 4.90 Å². The number of benzene rings is 1. The molecule has 1 aromatic rings. The molecule has 1 aliphatic heterocycles. The number of hydrogen-bond acceptors (Lipinski definition) is 2. The summed E-state index contributed by atoms with van der Waals surface area (Å²) >= 11 is 16.0. The Balaban J connectivity index is 2.27. The average molecular weight is 276 g/mol. The second kappa shape index (κ2) is 4.86. The number of carbonyl (C=O) groups is 1. The zero-order valence-electron chi connectivity index (χ0n) is 8.49. The number of nitrogens with zero attached hydrogens (tertiary/aromatic N) is 1. The van der Waals surface area contributed by atoms with Crippen LogP contribution in [0.25, 0.3) is 0 Å². The largest absolute Gasteiger partial charge is 0.312 e. The van der Waals surface area contributed by atoms with Crippen molar-refractivity contribution in [2.75, 3.05) is 17.2 Å². The Labute approximate surface area is 110 Å². The third kappa shape index (κ3) is 2.47. The summed E-state index contributed by atoms with van der Waals surface area (Å²) in [4.78, 5) is 13.5. The molecule has 1 fully saturated rings. The van der Waals surface area contributed by atoms with Crippen molar-refractivity contribution in [1.82, 2.24) is 0 Å². The highest BCUT2D eigenvalue weighted by atomic mass is 35.5. The minimum Gasteiger partial charge on any atom is -0.312 e. The van der Waals surface area contributed by atoms with Crippen LogP contribution in [0.2, 0.25) is 10.0 Å². The summed E-state index contributed by atoms with van der Waals surface area (Å²) in [6, 6.07) is 5.17. The van der Waals surface area contributed by atoms with Gasteiger partial charge in [0.05, 0.1) is 0 Å². The van der Waals surface area contributed by atoms with Gasteiger partial charge in [0.25, 0.3) is 0 Å². The highest BCUT2D eigenvalue weighted by Crippen LogP contribution is 2.30. The molecule has 16 heavy (non-hydrogen) atoms. The lowest BCUT2D eigenvalue weighted by Crippen LogP contribution is -2.24. The standard InChI is InChI=1S/C11H11Cl2NOS/c12-8-2-9(13)4-10(3-8)14-5-7(6-16)1-11(14)15/h2-4,7,16H,1,5-6H2. The van der Waals surface area contributed by atoms with E-state index in [9.17, 15) is 4.79 Å². The van der Waals surface area contributed by atoms with E-state index in [-0.39, 0.29) is 5.91 Å². The van der Waals surface area contributed by atoms with Gasteiger partial charge in [-0.15, -0.1) is 0 Å². The molecule has 86 valence electrons. The first-order valence-electron chi connectivity index (χ1n) is 4.97. The maximum atomic E-state index is 11.8. The van der Waals surface area contributed by atoms with Gasteiger partial charge in [-0.1, -0.05) is 23.2 Å². The van der Waals surface area contributed by atoms with E-state index >= 15 is 0 Å². The van der Waals surface area contributed by atoms with Crippen molar-refractivity contribution < 1.29 is 4.79 Å². The predicted molar refractivity (Wildman–Crippen MR) is 70.8 cm³/mol. The second-order valence-electron chi connectivity index (χ2n) is 3.88. The van der Waals surface area contributed by atoms with E-state index in [0.717, 1.165) is 11.4 Å². The molecule has 5 heteroatoms. The summed E-state index contributed by atoms with van der Waals surface area (Å²) in [6.07, 6.45) is 0.549. The monoisotopic (exact) mass is 275 g/mol. The summed E-state index contributed by atoms with van der Waals surface area (Å²) in [5.41, 5.74) is 0.770. The Morgan fingerprint density at radius 3 is 2.44 bits per heavy atom. The smallest absolute Gasteiger partial charge is 0.227 e. The molecule has 0 spiro atoms. The highest BCUT2D eigenvalue weighted by molar-refractivity contribution is 7.80. The number of halogens is 2. The summed E-state index contributed by atoms with van der Waals surface area (Å²) in [6.45, 7) is 0.693. The number of rotatable bonds is 2. The van der Waals surface area contributed by atoms with Crippen LogP contribution >= 0.6 is 35.8 Å². The third-order valence-electron chi connectivity index (χ3n) is 2.62. The lowest BCUT2D eigenvalue weighted by molar-refractivity contribution is -0.117. The van der Waals surface area contributed by atoms with E-state index in [2.05, 4.69) is 12.6 Å². The zero-order chi connectivity index (χ0) is 11.7. The molecule has 1 amide bonds. The van der Waals surface area contributed by atoms with Gasteiger partial charge in [-0.05, 0) is 29.9 Å². The van der Waals surface area contributed by atoms with Crippen LogP contribution in [0.5, 0.6) is 0 Å². The summed E-state index contributed by atoms with van der Waals surface area (Å²) in [5.74, 6) is 1.14. The van der Waals surface area contributed by atoms with Gasteiger partial charge in [-0.2, -0.15) is 12.6 Å². The van der Waals surface area contributed by atoms with Gasteiger partial charge >= 0.3 is 0 Å². The Morgan fingerprint density at radius 2 is 1.94 bits per heavy atom. The highest BCUT2D eigenvalue weighted by Gasteiger charge is 2.29. The molecular weight excluding hydrogens is 265 g/mol. The van der Waals surface area contributed by atoms with Gasteiger partial charge in [-0.3, -0.25) is 4.79 Å². The number of hydrogen-bond donors (Lipinski definition) is 1. The second-order valence-corrected chi connectivity index (χ2v) is 5.12. The first-order valence-corrected chi connectivity index (χ1v) is 6.36. The van der Waals surface area contributed by atoms with Gasteiger partial charge in [0.2, 0.25) is 5.91 Å². The molecule has 0 radical (unpaired) electrons. The van der Waals surface area contributed by atoms with Crippen LogP contribution in [0.1, 0.15) is 6.42 Å². The Bertz CT molecular complexity index is 404. The van der Waals surface area contributed by atoms with E-state index in [1.807, 2.05) is 0 Å². The molecule has 0 aliphatic carbocycles. The molecule has 0 saturated carbocycles. The number of anilines is 1. The van der Waals surface area contributed by atoms with E-state index < -0.39 is 0 Å². The van der Waals surface area contributed by atoms with Gasteiger partial charge in [0, 0.05) is 28.7 Å². The SMILES string of the molecule is O=C1CC(CS)CN1c1cc(Cl)cc(Cl)c1. The third-order valence-corrected chi connectivity index (χ3v) is 3.58. The molecule has 0 bridgehead atoms. The molecule has 2 nitrogen and oxygen atoms in total. The molecule has 1 unspecified atom stereocenters. The van der Waals surface area contributed by atoms with E-state index in [1.54, 1.807) is 23.1 Å². The van der Waals surface area contributed by atoms with Crippen molar-refractivity contribution in [1.29, 1.82) is 0 Å². The van der Waals surface area contributed by atoms with Crippen LogP contribution in [0, 0.1) is 5.92 Å². The van der Waals surface area contributed by atoms with Gasteiger partial charge in [0.15, 0.2) is 0 Å². The number of carbonyl (C=O) groups excluding carboxylic acids is 1. The van der Waals surface area contributed by atoms with E-state index in [0.29, 0.717) is 28.9 Å². The Hall–Kier alpha value is -0.380. The lowest BCUT2D eigenvalue weighted by atomic mass is 10.1. The van der Waals surface area contributed by atoms with Crippen molar-refractivity contribution in [2.45, 2.75) is 6.42 Å². The molecule has 1 atom stereocenters.